The molecule has 0 aliphatic heterocycles. The van der Waals surface area contributed by atoms with E-state index < -0.39 is 0 Å². The van der Waals surface area contributed by atoms with Crippen molar-refractivity contribution in [2.45, 2.75) is 33.2 Å². The summed E-state index contributed by atoms with van der Waals surface area (Å²) in [5.74, 6) is 2.46. The lowest BCUT2D eigenvalue weighted by molar-refractivity contribution is 0.886. The first-order valence-electron chi connectivity index (χ1n) is 7.14. The summed E-state index contributed by atoms with van der Waals surface area (Å²) in [4.78, 5) is 9.18. The van der Waals surface area contributed by atoms with Crippen LogP contribution in [0.2, 0.25) is 0 Å². The Labute approximate surface area is 120 Å². The fraction of sp³-hybridized carbons (Fsp3) is 0.375. The molecule has 1 heterocycles. The van der Waals surface area contributed by atoms with Gasteiger partial charge in [-0.05, 0) is 20.3 Å². The summed E-state index contributed by atoms with van der Waals surface area (Å²) >= 11 is 0. The van der Waals surface area contributed by atoms with Crippen molar-refractivity contribution < 1.29 is 0 Å². The minimum Gasteiger partial charge on any atom is -0.370 e. The monoisotopic (exact) mass is 270 g/mol. The third-order valence-electron chi connectivity index (χ3n) is 2.75. The Balaban J connectivity index is 2.34. The van der Waals surface area contributed by atoms with Crippen LogP contribution in [0.15, 0.2) is 36.4 Å². The molecule has 2 N–H and O–H groups in total. The van der Waals surface area contributed by atoms with Crippen LogP contribution in [0.5, 0.6) is 0 Å². The summed E-state index contributed by atoms with van der Waals surface area (Å²) < 4.78 is 0. The molecule has 0 radical (unpaired) electrons. The molecule has 20 heavy (non-hydrogen) atoms. The van der Waals surface area contributed by atoms with Crippen LogP contribution in [0.1, 0.15) is 27.2 Å². The van der Waals surface area contributed by atoms with Gasteiger partial charge in [-0.3, -0.25) is 0 Å². The molecule has 1 aromatic carbocycles. The van der Waals surface area contributed by atoms with Gasteiger partial charge in [0.05, 0.1) is 0 Å². The van der Waals surface area contributed by atoms with Gasteiger partial charge in [0.2, 0.25) is 0 Å². The molecule has 0 spiro atoms. The second-order valence-electron chi connectivity index (χ2n) is 5.05. The molecule has 2 rings (SSSR count). The molecule has 0 unspecified atom stereocenters. The molecule has 0 amide bonds. The molecule has 106 valence electrons. The van der Waals surface area contributed by atoms with Crippen molar-refractivity contribution >= 4 is 11.6 Å². The third kappa shape index (κ3) is 3.95. The lowest BCUT2D eigenvalue weighted by Gasteiger charge is -2.13. The van der Waals surface area contributed by atoms with E-state index in [1.54, 1.807) is 0 Å². The number of hydrogen-bond donors (Lipinski definition) is 2. The number of rotatable bonds is 6. The molecule has 2 aromatic rings. The summed E-state index contributed by atoms with van der Waals surface area (Å²) in [6.45, 7) is 7.25. The fourth-order valence-corrected chi connectivity index (χ4v) is 1.88. The first-order chi connectivity index (χ1) is 9.69. The normalized spacial score (nSPS) is 10.6. The van der Waals surface area contributed by atoms with E-state index in [2.05, 4.69) is 41.4 Å². The van der Waals surface area contributed by atoms with Crippen molar-refractivity contribution in [3.63, 3.8) is 0 Å². The summed E-state index contributed by atoms with van der Waals surface area (Å²) in [6.07, 6.45) is 1.07. The summed E-state index contributed by atoms with van der Waals surface area (Å²) in [6, 6.07) is 12.3. The highest BCUT2D eigenvalue weighted by atomic mass is 15.1. The zero-order chi connectivity index (χ0) is 14.4. The molecule has 4 nitrogen and oxygen atoms in total. The van der Waals surface area contributed by atoms with Crippen LogP contribution >= 0.6 is 0 Å². The van der Waals surface area contributed by atoms with Gasteiger partial charge >= 0.3 is 0 Å². The quantitative estimate of drug-likeness (QED) is 0.838. The van der Waals surface area contributed by atoms with Crippen molar-refractivity contribution in [1.29, 1.82) is 0 Å². The smallest absolute Gasteiger partial charge is 0.163 e. The highest BCUT2D eigenvalue weighted by molar-refractivity contribution is 5.61. The van der Waals surface area contributed by atoms with Gasteiger partial charge in [-0.25, -0.2) is 9.97 Å². The first kappa shape index (κ1) is 14.3. The zero-order valence-corrected chi connectivity index (χ0v) is 12.4. The summed E-state index contributed by atoms with van der Waals surface area (Å²) in [5.41, 5.74) is 1.03. The van der Waals surface area contributed by atoms with Gasteiger partial charge in [-0.2, -0.15) is 0 Å². The molecule has 0 fully saturated rings. The van der Waals surface area contributed by atoms with E-state index in [-0.39, 0.29) is 0 Å². The van der Waals surface area contributed by atoms with Crippen LogP contribution in [0.25, 0.3) is 11.4 Å². The Hall–Kier alpha value is -2.10. The molecular weight excluding hydrogens is 248 g/mol. The number of nitrogens with zero attached hydrogens (tertiary/aromatic N) is 2. The Morgan fingerprint density at radius 3 is 2.40 bits per heavy atom. The topological polar surface area (TPSA) is 49.8 Å². The Morgan fingerprint density at radius 1 is 1.05 bits per heavy atom. The van der Waals surface area contributed by atoms with E-state index in [4.69, 9.17) is 0 Å². The van der Waals surface area contributed by atoms with Gasteiger partial charge in [-0.1, -0.05) is 37.3 Å². The van der Waals surface area contributed by atoms with Gasteiger partial charge < -0.3 is 10.6 Å². The second kappa shape index (κ2) is 6.89. The largest absolute Gasteiger partial charge is 0.370 e. The van der Waals surface area contributed by atoms with Crippen LogP contribution in [-0.4, -0.2) is 22.6 Å². The molecular formula is C16H22N4. The zero-order valence-electron chi connectivity index (χ0n) is 12.4. The molecule has 0 aliphatic carbocycles. The molecule has 1 aromatic heterocycles. The number of nitrogens with one attached hydrogen (secondary N) is 2. The minimum atomic E-state index is 0.340. The second-order valence-corrected chi connectivity index (χ2v) is 5.05. The highest BCUT2D eigenvalue weighted by Gasteiger charge is 2.07. The van der Waals surface area contributed by atoms with Crippen molar-refractivity contribution in [3.05, 3.63) is 36.4 Å². The number of anilines is 2. The Kier molecular flexibility index (Phi) is 4.93. The molecule has 0 bridgehead atoms. The number of benzene rings is 1. The van der Waals surface area contributed by atoms with E-state index in [1.165, 1.54) is 0 Å². The molecule has 0 atom stereocenters. The fourth-order valence-electron chi connectivity index (χ4n) is 1.88. The van der Waals surface area contributed by atoms with Crippen molar-refractivity contribution in [3.8, 4) is 11.4 Å². The molecule has 0 saturated heterocycles. The average molecular weight is 270 g/mol. The number of hydrogen-bond acceptors (Lipinski definition) is 4. The van der Waals surface area contributed by atoms with Gasteiger partial charge in [0, 0.05) is 24.2 Å². The maximum absolute atomic E-state index is 4.59. The van der Waals surface area contributed by atoms with Crippen LogP contribution in [-0.2, 0) is 0 Å². The van der Waals surface area contributed by atoms with Gasteiger partial charge in [0.25, 0.3) is 0 Å². The van der Waals surface area contributed by atoms with E-state index in [9.17, 15) is 0 Å². The van der Waals surface area contributed by atoms with Crippen LogP contribution in [0.3, 0.4) is 0 Å². The molecule has 0 saturated carbocycles. The van der Waals surface area contributed by atoms with Crippen LogP contribution < -0.4 is 10.6 Å². The average Bonchev–Trinajstić information content (AvgIpc) is 2.45. The first-order valence-corrected chi connectivity index (χ1v) is 7.14. The van der Waals surface area contributed by atoms with Crippen LogP contribution in [0.4, 0.5) is 11.6 Å². The Morgan fingerprint density at radius 2 is 1.75 bits per heavy atom. The van der Waals surface area contributed by atoms with E-state index in [1.807, 2.05) is 36.4 Å². The van der Waals surface area contributed by atoms with Gasteiger partial charge in [0.15, 0.2) is 5.82 Å². The summed E-state index contributed by atoms with van der Waals surface area (Å²) in [7, 11) is 0. The predicted octanol–water partition coefficient (Wildman–Crippen LogP) is 3.79. The maximum Gasteiger partial charge on any atom is 0.163 e. The molecule has 4 heteroatoms. The maximum atomic E-state index is 4.59. The lowest BCUT2D eigenvalue weighted by atomic mass is 10.2. The van der Waals surface area contributed by atoms with Crippen LogP contribution in [0, 0.1) is 0 Å². The van der Waals surface area contributed by atoms with Crippen molar-refractivity contribution in [1.82, 2.24) is 9.97 Å². The van der Waals surface area contributed by atoms with E-state index >= 15 is 0 Å². The predicted molar refractivity (Wildman–Crippen MR) is 85.0 cm³/mol. The highest BCUT2D eigenvalue weighted by Crippen LogP contribution is 2.20. The van der Waals surface area contributed by atoms with Crippen molar-refractivity contribution in [2.75, 3.05) is 17.2 Å². The SMILES string of the molecule is CCCNc1cc(NC(C)C)nc(-c2ccccc2)n1. The van der Waals surface area contributed by atoms with Gasteiger partial charge in [-0.15, -0.1) is 0 Å². The standard InChI is InChI=1S/C16H22N4/c1-4-10-17-14-11-15(18-12(2)3)20-16(19-14)13-8-6-5-7-9-13/h5-9,11-12H,4,10H2,1-3H3,(H2,17,18,19,20). The lowest BCUT2D eigenvalue weighted by Crippen LogP contribution is -2.13. The minimum absolute atomic E-state index is 0.340. The summed E-state index contributed by atoms with van der Waals surface area (Å²) in [5, 5.41) is 6.67. The Bertz CT molecular complexity index is 537. The molecule has 0 aliphatic rings. The van der Waals surface area contributed by atoms with Crippen molar-refractivity contribution in [2.24, 2.45) is 0 Å². The van der Waals surface area contributed by atoms with Gasteiger partial charge in [0.1, 0.15) is 11.6 Å². The van der Waals surface area contributed by atoms with E-state index in [0.29, 0.717) is 6.04 Å². The van der Waals surface area contributed by atoms with E-state index in [0.717, 1.165) is 36.0 Å². The third-order valence-corrected chi connectivity index (χ3v) is 2.75. The number of aromatic nitrogens is 2.